The molecule has 0 fully saturated rings. The Morgan fingerprint density at radius 2 is 2.00 bits per heavy atom. The summed E-state index contributed by atoms with van der Waals surface area (Å²) >= 11 is 0. The topological polar surface area (TPSA) is 51.5 Å². The number of fused-ring (bicyclic) bond motifs is 3. The lowest BCUT2D eigenvalue weighted by Crippen LogP contribution is -2.34. The molecule has 0 unspecified atom stereocenters. The average Bonchev–Trinajstić information content (AvgIpc) is 2.77. The van der Waals surface area contributed by atoms with Gasteiger partial charge < -0.3 is 9.30 Å². The molecule has 2 heterocycles. The fourth-order valence-corrected chi connectivity index (χ4v) is 3.04. The van der Waals surface area contributed by atoms with Gasteiger partial charge in [0.15, 0.2) is 5.78 Å². The Labute approximate surface area is 123 Å². The van der Waals surface area contributed by atoms with Crippen molar-refractivity contribution in [3.8, 4) is 0 Å². The van der Waals surface area contributed by atoms with E-state index in [1.165, 1.54) is 7.11 Å². The summed E-state index contributed by atoms with van der Waals surface area (Å²) in [6, 6.07) is 7.76. The number of rotatable bonds is 0. The predicted molar refractivity (Wildman–Crippen MR) is 80.9 cm³/mol. The fourth-order valence-electron chi connectivity index (χ4n) is 3.04. The molecule has 1 amide bonds. The normalized spacial score (nSPS) is 15.5. The molecule has 1 aromatic carbocycles. The molecule has 2 aromatic rings. The molecule has 0 saturated heterocycles. The predicted octanol–water partition coefficient (Wildman–Crippen LogP) is 3.12. The maximum atomic E-state index is 12.5. The number of ether oxygens (including phenoxy) is 1. The number of aromatic nitrogens is 1. The number of aryl methyl sites for hydroxylation is 1. The monoisotopic (exact) mass is 286 g/mol. The van der Waals surface area contributed by atoms with Crippen molar-refractivity contribution >= 4 is 28.5 Å². The van der Waals surface area contributed by atoms with Crippen LogP contribution in [0, 0.1) is 0 Å². The van der Waals surface area contributed by atoms with Gasteiger partial charge >= 0.3 is 6.09 Å². The van der Waals surface area contributed by atoms with Crippen LogP contribution in [0.5, 0.6) is 0 Å². The molecule has 0 atom stereocenters. The highest BCUT2D eigenvalue weighted by molar-refractivity contribution is 6.13. The summed E-state index contributed by atoms with van der Waals surface area (Å²) in [5.41, 5.74) is 2.23. The number of hydrogen-bond donors (Lipinski definition) is 0. The van der Waals surface area contributed by atoms with Crippen molar-refractivity contribution in [3.63, 3.8) is 0 Å². The Morgan fingerprint density at radius 1 is 1.24 bits per heavy atom. The Morgan fingerprint density at radius 3 is 2.76 bits per heavy atom. The van der Waals surface area contributed by atoms with Gasteiger partial charge in [-0.3, -0.25) is 9.69 Å². The standard InChI is InChI=1S/C16H18N2O3/c1-17-12-8-4-3-7-11(12)14-15(17)13(19)9-5-6-10-18(14)16(20)21-2/h3-4,7-8H,5-6,9-10H2,1-2H3. The third-order valence-corrected chi connectivity index (χ3v) is 4.04. The van der Waals surface area contributed by atoms with E-state index in [9.17, 15) is 9.59 Å². The fraction of sp³-hybridized carbons (Fsp3) is 0.375. The number of amides is 1. The van der Waals surface area contributed by atoms with Crippen LogP contribution in [0.1, 0.15) is 29.8 Å². The van der Waals surface area contributed by atoms with Crippen molar-refractivity contribution in [3.05, 3.63) is 30.0 Å². The first-order valence-electron chi connectivity index (χ1n) is 7.11. The van der Waals surface area contributed by atoms with Crippen LogP contribution in [0.15, 0.2) is 24.3 Å². The maximum Gasteiger partial charge on any atom is 0.414 e. The van der Waals surface area contributed by atoms with E-state index in [0.717, 1.165) is 23.7 Å². The first kappa shape index (κ1) is 13.7. The molecule has 5 heteroatoms. The SMILES string of the molecule is COC(=O)N1CCCCC(=O)c2c1c1ccccc1n2C. The van der Waals surface area contributed by atoms with E-state index < -0.39 is 6.09 Å². The van der Waals surface area contributed by atoms with E-state index >= 15 is 0 Å². The van der Waals surface area contributed by atoms with Gasteiger partial charge in [0.05, 0.1) is 18.3 Å². The Kier molecular flexibility index (Phi) is 3.41. The number of carbonyl (C=O) groups is 2. The second-order valence-corrected chi connectivity index (χ2v) is 5.28. The van der Waals surface area contributed by atoms with Crippen LogP contribution < -0.4 is 4.90 Å². The second-order valence-electron chi connectivity index (χ2n) is 5.28. The Hall–Kier alpha value is -2.30. The maximum absolute atomic E-state index is 12.5. The molecule has 0 radical (unpaired) electrons. The number of nitrogens with zero attached hydrogens (tertiary/aromatic N) is 2. The van der Waals surface area contributed by atoms with Crippen LogP contribution in [0.25, 0.3) is 10.9 Å². The molecule has 21 heavy (non-hydrogen) atoms. The van der Waals surface area contributed by atoms with E-state index in [-0.39, 0.29) is 5.78 Å². The molecule has 1 aromatic heterocycles. The first-order chi connectivity index (χ1) is 10.1. The molecule has 3 rings (SSSR count). The van der Waals surface area contributed by atoms with Crippen molar-refractivity contribution in [1.82, 2.24) is 4.57 Å². The van der Waals surface area contributed by atoms with Gasteiger partial charge in [-0.1, -0.05) is 18.2 Å². The van der Waals surface area contributed by atoms with Gasteiger partial charge in [-0.05, 0) is 18.9 Å². The zero-order chi connectivity index (χ0) is 15.0. The molecule has 5 nitrogen and oxygen atoms in total. The number of para-hydroxylation sites is 1. The molecule has 0 bridgehead atoms. The number of ketones is 1. The molecule has 0 N–H and O–H groups in total. The van der Waals surface area contributed by atoms with Crippen LogP contribution in [0.2, 0.25) is 0 Å². The van der Waals surface area contributed by atoms with Crippen LogP contribution >= 0.6 is 0 Å². The van der Waals surface area contributed by atoms with Gasteiger partial charge in [0.25, 0.3) is 0 Å². The van der Waals surface area contributed by atoms with Gasteiger partial charge in [0, 0.05) is 25.4 Å². The van der Waals surface area contributed by atoms with E-state index in [1.54, 1.807) is 4.90 Å². The van der Waals surface area contributed by atoms with Crippen molar-refractivity contribution in [2.24, 2.45) is 7.05 Å². The van der Waals surface area contributed by atoms with Crippen molar-refractivity contribution in [1.29, 1.82) is 0 Å². The molecule has 1 aliphatic heterocycles. The Balaban J connectivity index is 2.32. The van der Waals surface area contributed by atoms with Crippen molar-refractivity contribution in [2.75, 3.05) is 18.6 Å². The molecule has 1 aliphatic rings. The second kappa shape index (κ2) is 5.24. The number of Topliss-reactive ketones (excluding diaryl/α,β-unsaturated/α-hetero) is 1. The number of carbonyl (C=O) groups excluding carboxylic acids is 2. The lowest BCUT2D eigenvalue weighted by atomic mass is 10.0. The minimum Gasteiger partial charge on any atom is -0.452 e. The van der Waals surface area contributed by atoms with Gasteiger partial charge in [0.2, 0.25) is 0 Å². The van der Waals surface area contributed by atoms with Crippen LogP contribution in [0.3, 0.4) is 0 Å². The molecule has 0 spiro atoms. The summed E-state index contributed by atoms with van der Waals surface area (Å²) in [7, 11) is 3.24. The average molecular weight is 286 g/mol. The third-order valence-electron chi connectivity index (χ3n) is 4.04. The summed E-state index contributed by atoms with van der Waals surface area (Å²) in [5.74, 6) is 0.0808. The van der Waals surface area contributed by atoms with Gasteiger partial charge in [-0.25, -0.2) is 4.79 Å². The molecule has 0 saturated carbocycles. The lowest BCUT2D eigenvalue weighted by Gasteiger charge is -2.24. The quantitative estimate of drug-likeness (QED) is 0.747. The zero-order valence-electron chi connectivity index (χ0n) is 12.3. The van der Waals surface area contributed by atoms with Crippen LogP contribution in [0.4, 0.5) is 10.5 Å². The molecule has 110 valence electrons. The van der Waals surface area contributed by atoms with E-state index in [0.29, 0.717) is 24.3 Å². The van der Waals surface area contributed by atoms with Gasteiger partial charge in [-0.15, -0.1) is 0 Å². The summed E-state index contributed by atoms with van der Waals surface area (Å²) in [6.07, 6.45) is 1.69. The summed E-state index contributed by atoms with van der Waals surface area (Å²) in [4.78, 5) is 26.2. The highest BCUT2D eigenvalue weighted by atomic mass is 16.5. The Bertz CT molecular complexity index is 718. The van der Waals surface area contributed by atoms with E-state index in [1.807, 2.05) is 35.9 Å². The minimum absolute atomic E-state index is 0.0808. The largest absolute Gasteiger partial charge is 0.452 e. The third kappa shape index (κ3) is 2.09. The lowest BCUT2D eigenvalue weighted by molar-refractivity contribution is 0.0971. The van der Waals surface area contributed by atoms with Crippen LogP contribution in [-0.2, 0) is 11.8 Å². The zero-order valence-corrected chi connectivity index (χ0v) is 12.3. The van der Waals surface area contributed by atoms with E-state index in [2.05, 4.69) is 0 Å². The minimum atomic E-state index is -0.415. The molecular formula is C16H18N2O3. The van der Waals surface area contributed by atoms with Crippen LogP contribution in [-0.4, -0.2) is 30.1 Å². The van der Waals surface area contributed by atoms with E-state index in [4.69, 9.17) is 4.74 Å². The highest BCUT2D eigenvalue weighted by Crippen LogP contribution is 2.36. The van der Waals surface area contributed by atoms with Crippen molar-refractivity contribution in [2.45, 2.75) is 19.3 Å². The summed E-state index contributed by atoms with van der Waals surface area (Å²) in [5, 5.41) is 0.913. The number of anilines is 1. The highest BCUT2D eigenvalue weighted by Gasteiger charge is 2.30. The molecule has 0 aliphatic carbocycles. The number of methoxy groups -OCH3 is 1. The summed E-state index contributed by atoms with van der Waals surface area (Å²) in [6.45, 7) is 0.570. The summed E-state index contributed by atoms with van der Waals surface area (Å²) < 4.78 is 6.79. The number of benzene rings is 1. The first-order valence-corrected chi connectivity index (χ1v) is 7.11. The number of hydrogen-bond acceptors (Lipinski definition) is 3. The smallest absolute Gasteiger partial charge is 0.414 e. The molecular weight excluding hydrogens is 268 g/mol. The van der Waals surface area contributed by atoms with Crippen molar-refractivity contribution < 1.29 is 14.3 Å². The van der Waals surface area contributed by atoms with Gasteiger partial charge in [-0.2, -0.15) is 0 Å². The van der Waals surface area contributed by atoms with Gasteiger partial charge in [0.1, 0.15) is 5.69 Å².